The molecule has 0 aliphatic carbocycles. The summed E-state index contributed by atoms with van der Waals surface area (Å²) >= 11 is 0. The first kappa shape index (κ1) is 25.8. The van der Waals surface area contributed by atoms with E-state index in [2.05, 4.69) is 46.4 Å². The maximum Gasteiger partial charge on any atom is 0.319 e. The number of aliphatic hydroxyl groups excluding tert-OH is 2. The van der Waals surface area contributed by atoms with Gasteiger partial charge in [0, 0.05) is 25.3 Å². The van der Waals surface area contributed by atoms with E-state index in [4.69, 9.17) is 10.5 Å². The highest BCUT2D eigenvalue weighted by Crippen LogP contribution is 2.32. The molecule has 3 aromatic rings. The van der Waals surface area contributed by atoms with Crippen molar-refractivity contribution in [1.29, 1.82) is 0 Å². The van der Waals surface area contributed by atoms with Crippen molar-refractivity contribution in [1.82, 2.24) is 29.7 Å². The number of hydrogen-bond donors (Lipinski definition) is 5. The SMILES string of the molecule is CN(CCNC(=O)Nc1ccc(C(C)(C)C)cc1)C[C@H]1O[C@H](n2cnc3c(N)ncnc32)[C@H](O)[C@@H]1O. The van der Waals surface area contributed by atoms with Gasteiger partial charge in [0.1, 0.15) is 30.2 Å². The number of hydrogen-bond acceptors (Lipinski definition) is 9. The summed E-state index contributed by atoms with van der Waals surface area (Å²) in [6.45, 7) is 7.66. The molecular weight excluding hydrogens is 464 g/mol. The number of fused-ring (bicyclic) bond motifs is 1. The summed E-state index contributed by atoms with van der Waals surface area (Å²) in [5.41, 5.74) is 8.61. The molecule has 0 unspecified atom stereocenters. The molecule has 3 heterocycles. The van der Waals surface area contributed by atoms with Crippen LogP contribution in [0.25, 0.3) is 11.2 Å². The number of nitrogen functional groups attached to an aromatic ring is 1. The Morgan fingerprint density at radius 2 is 1.89 bits per heavy atom. The molecule has 1 saturated heterocycles. The highest BCUT2D eigenvalue weighted by molar-refractivity contribution is 5.89. The second-order valence-electron chi connectivity index (χ2n) is 10.1. The van der Waals surface area contributed by atoms with Crippen LogP contribution in [-0.4, -0.2) is 85.7 Å². The van der Waals surface area contributed by atoms with Gasteiger partial charge in [-0.25, -0.2) is 19.7 Å². The standard InChI is InChI=1S/C24H34N8O4/c1-24(2,3)14-5-7-15(8-6-14)30-23(35)26-9-10-31(4)11-16-18(33)19(34)22(36-16)32-13-29-17-20(25)27-12-28-21(17)32/h5-8,12-13,16,18-19,22,33-34H,9-11H2,1-4H3,(H2,25,27,28)(H2,26,30,35)/t16-,18-,19-,22+/m1/s1. The fourth-order valence-electron chi connectivity index (χ4n) is 4.15. The Balaban J connectivity index is 1.25. The van der Waals surface area contributed by atoms with E-state index in [1.807, 2.05) is 36.2 Å². The number of urea groups is 1. The van der Waals surface area contributed by atoms with Gasteiger partial charge < -0.3 is 36.2 Å². The third kappa shape index (κ3) is 5.57. The first-order chi connectivity index (χ1) is 17.0. The zero-order chi connectivity index (χ0) is 26.0. The zero-order valence-electron chi connectivity index (χ0n) is 20.9. The van der Waals surface area contributed by atoms with Crippen LogP contribution in [0.5, 0.6) is 0 Å². The third-order valence-electron chi connectivity index (χ3n) is 6.28. The Hall–Kier alpha value is -3.32. The number of rotatable bonds is 7. The Labute approximate surface area is 209 Å². The van der Waals surface area contributed by atoms with Crippen molar-refractivity contribution < 1.29 is 19.7 Å². The lowest BCUT2D eigenvalue weighted by atomic mass is 9.87. The molecule has 0 radical (unpaired) electrons. The Morgan fingerprint density at radius 1 is 1.17 bits per heavy atom. The maximum absolute atomic E-state index is 12.3. The lowest BCUT2D eigenvalue weighted by Gasteiger charge is -2.23. The number of carbonyl (C=O) groups is 1. The summed E-state index contributed by atoms with van der Waals surface area (Å²) in [6.07, 6.45) is -1.04. The Kier molecular flexibility index (Phi) is 7.41. The molecule has 2 aromatic heterocycles. The molecule has 2 amide bonds. The van der Waals surface area contributed by atoms with Crippen LogP contribution in [0.1, 0.15) is 32.6 Å². The monoisotopic (exact) mass is 498 g/mol. The van der Waals surface area contributed by atoms with Crippen LogP contribution in [0.15, 0.2) is 36.9 Å². The van der Waals surface area contributed by atoms with Crippen LogP contribution < -0.4 is 16.4 Å². The number of aromatic nitrogens is 4. The number of carbonyl (C=O) groups excluding carboxylic acids is 1. The summed E-state index contributed by atoms with van der Waals surface area (Å²) < 4.78 is 7.51. The molecule has 0 saturated carbocycles. The molecule has 0 bridgehead atoms. The van der Waals surface area contributed by atoms with Crippen LogP contribution in [-0.2, 0) is 10.2 Å². The van der Waals surface area contributed by atoms with E-state index in [-0.39, 0.29) is 17.3 Å². The van der Waals surface area contributed by atoms with E-state index in [1.54, 1.807) is 4.57 Å². The minimum atomic E-state index is -1.18. The molecule has 194 valence electrons. The number of imidazole rings is 1. The highest BCUT2D eigenvalue weighted by atomic mass is 16.6. The van der Waals surface area contributed by atoms with E-state index >= 15 is 0 Å². The molecule has 6 N–H and O–H groups in total. The number of nitrogens with zero attached hydrogens (tertiary/aromatic N) is 5. The van der Waals surface area contributed by atoms with Gasteiger partial charge in [0.2, 0.25) is 0 Å². The summed E-state index contributed by atoms with van der Waals surface area (Å²) in [6, 6.07) is 7.49. The van der Waals surface area contributed by atoms with Crippen molar-refractivity contribution in [3.8, 4) is 0 Å². The average molecular weight is 499 g/mol. The summed E-state index contributed by atoms with van der Waals surface area (Å²) in [5, 5.41) is 26.8. The number of amides is 2. The molecule has 1 aromatic carbocycles. The van der Waals surface area contributed by atoms with Gasteiger partial charge in [-0.1, -0.05) is 32.9 Å². The summed E-state index contributed by atoms with van der Waals surface area (Å²) in [4.78, 5) is 26.4. The molecule has 4 atom stereocenters. The first-order valence-corrected chi connectivity index (χ1v) is 11.8. The number of anilines is 2. The van der Waals surface area contributed by atoms with E-state index in [1.165, 1.54) is 18.2 Å². The van der Waals surface area contributed by atoms with Gasteiger partial charge in [0.05, 0.1) is 6.33 Å². The second kappa shape index (κ2) is 10.3. The van der Waals surface area contributed by atoms with Crippen molar-refractivity contribution in [2.75, 3.05) is 37.7 Å². The molecule has 1 aliphatic rings. The quantitative estimate of drug-likeness (QED) is 0.321. The molecule has 0 spiro atoms. The van der Waals surface area contributed by atoms with Crippen LogP contribution in [0.2, 0.25) is 0 Å². The molecule has 1 aliphatic heterocycles. The highest BCUT2D eigenvalue weighted by Gasteiger charge is 2.44. The predicted octanol–water partition coefficient (Wildman–Crippen LogP) is 1.08. The molecule has 12 heteroatoms. The number of ether oxygens (including phenoxy) is 1. The van der Waals surface area contributed by atoms with Gasteiger partial charge in [-0.15, -0.1) is 0 Å². The van der Waals surface area contributed by atoms with Crippen LogP contribution >= 0.6 is 0 Å². The van der Waals surface area contributed by atoms with Crippen LogP contribution in [0.4, 0.5) is 16.3 Å². The largest absolute Gasteiger partial charge is 0.387 e. The number of nitrogens with two attached hydrogens (primary N) is 1. The van der Waals surface area contributed by atoms with Crippen molar-refractivity contribution >= 4 is 28.7 Å². The first-order valence-electron chi connectivity index (χ1n) is 11.8. The van der Waals surface area contributed by atoms with Gasteiger partial charge in [-0.2, -0.15) is 0 Å². The van der Waals surface area contributed by atoms with Crippen LogP contribution in [0.3, 0.4) is 0 Å². The number of likely N-dealkylation sites (N-methyl/N-ethyl adjacent to an activating group) is 1. The van der Waals surface area contributed by atoms with Gasteiger partial charge in [0.25, 0.3) is 0 Å². The number of benzene rings is 1. The third-order valence-corrected chi connectivity index (χ3v) is 6.28. The predicted molar refractivity (Wildman–Crippen MR) is 135 cm³/mol. The van der Waals surface area contributed by atoms with Gasteiger partial charge in [-0.3, -0.25) is 4.57 Å². The Bertz CT molecular complexity index is 1190. The molecule has 1 fully saturated rings. The van der Waals surface area contributed by atoms with E-state index < -0.39 is 24.5 Å². The van der Waals surface area contributed by atoms with Crippen molar-refractivity contribution in [2.45, 2.75) is 50.7 Å². The normalized spacial score (nSPS) is 22.3. The Morgan fingerprint density at radius 3 is 2.58 bits per heavy atom. The van der Waals surface area contributed by atoms with Crippen molar-refractivity contribution in [2.24, 2.45) is 0 Å². The zero-order valence-corrected chi connectivity index (χ0v) is 20.9. The second-order valence-corrected chi connectivity index (χ2v) is 10.1. The van der Waals surface area contributed by atoms with E-state index in [0.717, 1.165) is 5.69 Å². The van der Waals surface area contributed by atoms with Gasteiger partial charge in [-0.05, 0) is 30.2 Å². The molecule has 36 heavy (non-hydrogen) atoms. The number of nitrogens with one attached hydrogen (secondary N) is 2. The summed E-state index contributed by atoms with van der Waals surface area (Å²) in [7, 11) is 1.85. The average Bonchev–Trinajstić information content (AvgIpc) is 3.36. The lowest BCUT2D eigenvalue weighted by Crippen LogP contribution is -2.41. The molecule has 12 nitrogen and oxygen atoms in total. The van der Waals surface area contributed by atoms with Crippen molar-refractivity contribution in [3.05, 3.63) is 42.5 Å². The smallest absolute Gasteiger partial charge is 0.319 e. The van der Waals surface area contributed by atoms with E-state index in [9.17, 15) is 15.0 Å². The van der Waals surface area contributed by atoms with Crippen LogP contribution in [0, 0.1) is 0 Å². The number of aliphatic hydroxyl groups is 2. The molecular formula is C24H34N8O4. The minimum Gasteiger partial charge on any atom is -0.387 e. The fraction of sp³-hybridized carbons (Fsp3) is 0.500. The molecule has 4 rings (SSSR count). The van der Waals surface area contributed by atoms with Gasteiger partial charge >= 0.3 is 6.03 Å². The minimum absolute atomic E-state index is 0.0486. The summed E-state index contributed by atoms with van der Waals surface area (Å²) in [5.74, 6) is 0.224. The van der Waals surface area contributed by atoms with Gasteiger partial charge in [0.15, 0.2) is 17.7 Å². The van der Waals surface area contributed by atoms with E-state index in [0.29, 0.717) is 30.8 Å². The lowest BCUT2D eigenvalue weighted by molar-refractivity contribution is -0.0420. The van der Waals surface area contributed by atoms with Crippen molar-refractivity contribution in [3.63, 3.8) is 0 Å². The topological polar surface area (TPSA) is 164 Å². The fourth-order valence-corrected chi connectivity index (χ4v) is 4.15. The maximum atomic E-state index is 12.3.